The predicted molar refractivity (Wildman–Crippen MR) is 75.8 cm³/mol. The summed E-state index contributed by atoms with van der Waals surface area (Å²) in [5.74, 6) is -0.256. The smallest absolute Gasteiger partial charge is 0.315 e. The largest absolute Gasteiger partial charge is 0.416 e. The zero-order chi connectivity index (χ0) is 16.5. The van der Waals surface area contributed by atoms with Crippen LogP contribution in [0.4, 0.5) is 13.2 Å². The third-order valence-corrected chi connectivity index (χ3v) is 5.04. The van der Waals surface area contributed by atoms with E-state index in [1.54, 1.807) is 7.05 Å². The second kappa shape index (κ2) is 5.96. The van der Waals surface area contributed by atoms with Crippen molar-refractivity contribution >= 4 is 9.84 Å². The molecule has 0 saturated heterocycles. The van der Waals surface area contributed by atoms with Gasteiger partial charge in [-0.2, -0.15) is 13.2 Å². The lowest BCUT2D eigenvalue weighted by atomic mass is 9.88. The molecule has 0 saturated carbocycles. The average molecular weight is 323 g/mol. The van der Waals surface area contributed by atoms with E-state index < -0.39 is 21.6 Å². The Hall–Kier alpha value is -1.08. The molecule has 7 heteroatoms. The summed E-state index contributed by atoms with van der Waals surface area (Å²) >= 11 is 0. The fourth-order valence-corrected chi connectivity index (χ4v) is 3.84. The highest BCUT2D eigenvalue weighted by molar-refractivity contribution is 7.91. The zero-order valence-electron chi connectivity index (χ0n) is 12.5. The van der Waals surface area contributed by atoms with Gasteiger partial charge in [0.05, 0.1) is 16.2 Å². The van der Waals surface area contributed by atoms with Crippen LogP contribution in [-0.2, 0) is 16.0 Å². The molecule has 0 radical (unpaired) electrons. The molecule has 0 fully saturated rings. The van der Waals surface area contributed by atoms with Gasteiger partial charge in [-0.3, -0.25) is 0 Å². The van der Waals surface area contributed by atoms with Gasteiger partial charge in [-0.25, -0.2) is 8.42 Å². The Kier molecular flexibility index (Phi) is 5.10. The Morgan fingerprint density at radius 1 is 1.19 bits per heavy atom. The van der Waals surface area contributed by atoms with Crippen molar-refractivity contribution in [1.29, 1.82) is 0 Å². The van der Waals surface area contributed by atoms with Crippen molar-refractivity contribution in [2.24, 2.45) is 5.41 Å². The van der Waals surface area contributed by atoms with Crippen molar-refractivity contribution in [3.8, 4) is 0 Å². The lowest BCUT2D eigenvalue weighted by Gasteiger charge is -2.30. The van der Waals surface area contributed by atoms with Gasteiger partial charge < -0.3 is 5.32 Å². The lowest BCUT2D eigenvalue weighted by molar-refractivity contribution is -0.137. The van der Waals surface area contributed by atoms with Crippen LogP contribution < -0.4 is 5.32 Å². The fraction of sp³-hybridized carbons (Fsp3) is 0.571. The van der Waals surface area contributed by atoms with E-state index in [0.29, 0.717) is 6.07 Å². The first-order valence-electron chi connectivity index (χ1n) is 6.45. The van der Waals surface area contributed by atoms with Crippen LogP contribution in [0.15, 0.2) is 29.2 Å². The molecule has 0 aromatic heterocycles. The maximum atomic E-state index is 12.7. The molecule has 0 bridgehead atoms. The summed E-state index contributed by atoms with van der Waals surface area (Å²) in [5.41, 5.74) is -1.29. The third kappa shape index (κ3) is 4.71. The minimum absolute atomic E-state index is 0.256. The van der Waals surface area contributed by atoms with Crippen molar-refractivity contribution < 1.29 is 21.6 Å². The van der Waals surface area contributed by atoms with Crippen molar-refractivity contribution in [2.45, 2.75) is 37.9 Å². The Bertz CT molecular complexity index is 589. The molecule has 0 amide bonds. The molecule has 0 aliphatic carbocycles. The van der Waals surface area contributed by atoms with Crippen LogP contribution in [0, 0.1) is 5.41 Å². The van der Waals surface area contributed by atoms with E-state index in [0.717, 1.165) is 12.1 Å². The molecule has 3 nitrogen and oxygen atoms in total. The number of halogens is 3. The van der Waals surface area contributed by atoms with Gasteiger partial charge in [0.1, 0.15) is 0 Å². The number of rotatable bonds is 4. The van der Waals surface area contributed by atoms with Crippen molar-refractivity contribution in [1.82, 2.24) is 5.32 Å². The highest BCUT2D eigenvalue weighted by Gasteiger charge is 2.33. The predicted octanol–water partition coefficient (Wildman–Crippen LogP) is 3.11. The van der Waals surface area contributed by atoms with Gasteiger partial charge in [-0.15, -0.1) is 0 Å². The number of alkyl halides is 3. The van der Waals surface area contributed by atoms with Gasteiger partial charge >= 0.3 is 6.18 Å². The minimum Gasteiger partial charge on any atom is -0.315 e. The molecule has 1 unspecified atom stereocenters. The molecule has 1 aromatic carbocycles. The maximum Gasteiger partial charge on any atom is 0.416 e. The van der Waals surface area contributed by atoms with Crippen molar-refractivity contribution in [3.05, 3.63) is 29.8 Å². The fourth-order valence-electron chi connectivity index (χ4n) is 1.95. The Morgan fingerprint density at radius 2 is 1.76 bits per heavy atom. The molecular weight excluding hydrogens is 303 g/mol. The summed E-state index contributed by atoms with van der Waals surface area (Å²) in [6, 6.07) is 3.49. The van der Waals surface area contributed by atoms with Gasteiger partial charge in [-0.05, 0) is 30.7 Å². The zero-order valence-corrected chi connectivity index (χ0v) is 13.3. The molecule has 1 rings (SSSR count). The summed E-state index contributed by atoms with van der Waals surface area (Å²) < 4.78 is 62.6. The SMILES string of the molecule is CNC(CS(=O)(=O)c1cccc(C(F)(F)F)c1)C(C)(C)C. The number of nitrogens with one attached hydrogen (secondary N) is 1. The Labute approximate surface area is 123 Å². The highest BCUT2D eigenvalue weighted by Crippen LogP contribution is 2.31. The first kappa shape index (κ1) is 18.0. The Morgan fingerprint density at radius 3 is 2.19 bits per heavy atom. The van der Waals surface area contributed by atoms with Gasteiger partial charge in [-0.1, -0.05) is 26.8 Å². The molecule has 0 aliphatic rings. The number of sulfone groups is 1. The summed E-state index contributed by atoms with van der Waals surface area (Å²) in [7, 11) is -2.16. The van der Waals surface area contributed by atoms with Crippen LogP contribution in [0.25, 0.3) is 0 Å². The van der Waals surface area contributed by atoms with Crippen LogP contribution >= 0.6 is 0 Å². The first-order chi connectivity index (χ1) is 9.38. The highest BCUT2D eigenvalue weighted by atomic mass is 32.2. The third-order valence-electron chi connectivity index (χ3n) is 3.30. The minimum atomic E-state index is -4.56. The van der Waals surface area contributed by atoms with E-state index in [9.17, 15) is 21.6 Å². The van der Waals surface area contributed by atoms with Gasteiger partial charge in [0.2, 0.25) is 0 Å². The van der Waals surface area contributed by atoms with E-state index >= 15 is 0 Å². The molecule has 1 atom stereocenters. The van der Waals surface area contributed by atoms with Gasteiger partial charge in [0.25, 0.3) is 0 Å². The second-order valence-electron chi connectivity index (χ2n) is 6.01. The lowest BCUT2D eigenvalue weighted by Crippen LogP contribution is -2.43. The maximum absolute atomic E-state index is 12.7. The van der Waals surface area contributed by atoms with E-state index in [1.165, 1.54) is 6.07 Å². The molecule has 120 valence electrons. The van der Waals surface area contributed by atoms with Crippen molar-refractivity contribution in [2.75, 3.05) is 12.8 Å². The number of hydrogen-bond donors (Lipinski definition) is 1. The van der Waals surface area contributed by atoms with E-state index in [4.69, 9.17) is 0 Å². The van der Waals surface area contributed by atoms with Crippen LogP contribution in [-0.4, -0.2) is 27.3 Å². The molecular formula is C14H20F3NO2S. The molecule has 0 aliphatic heterocycles. The normalized spacial score (nSPS) is 15.0. The molecule has 0 spiro atoms. The topological polar surface area (TPSA) is 46.2 Å². The Balaban J connectivity index is 3.15. The van der Waals surface area contributed by atoms with E-state index in [-0.39, 0.29) is 22.1 Å². The van der Waals surface area contributed by atoms with E-state index in [2.05, 4.69) is 5.32 Å². The monoisotopic (exact) mass is 323 g/mol. The van der Waals surface area contributed by atoms with Crippen LogP contribution in [0.3, 0.4) is 0 Å². The summed E-state index contributed by atoms with van der Waals surface area (Å²) in [6.07, 6.45) is -4.56. The summed E-state index contributed by atoms with van der Waals surface area (Å²) in [6.45, 7) is 5.61. The second-order valence-corrected chi connectivity index (χ2v) is 8.05. The van der Waals surface area contributed by atoms with E-state index in [1.807, 2.05) is 20.8 Å². The quantitative estimate of drug-likeness (QED) is 0.926. The van der Waals surface area contributed by atoms with Gasteiger partial charge in [0, 0.05) is 6.04 Å². The van der Waals surface area contributed by atoms with Crippen LogP contribution in [0.2, 0.25) is 0 Å². The first-order valence-corrected chi connectivity index (χ1v) is 8.10. The van der Waals surface area contributed by atoms with Gasteiger partial charge in [0.15, 0.2) is 9.84 Å². The summed E-state index contributed by atoms with van der Waals surface area (Å²) in [4.78, 5) is -0.304. The molecule has 1 aromatic rings. The number of hydrogen-bond acceptors (Lipinski definition) is 3. The van der Waals surface area contributed by atoms with Crippen LogP contribution in [0.1, 0.15) is 26.3 Å². The number of benzene rings is 1. The standard InChI is InChI=1S/C14H20F3NO2S/c1-13(2,3)12(18-4)9-21(19,20)11-7-5-6-10(8-11)14(15,16)17/h5-8,12,18H,9H2,1-4H3. The summed E-state index contributed by atoms with van der Waals surface area (Å²) in [5, 5.41) is 2.91. The van der Waals surface area contributed by atoms with Crippen LogP contribution in [0.5, 0.6) is 0 Å². The average Bonchev–Trinajstić information content (AvgIpc) is 2.34. The molecule has 1 N–H and O–H groups in total. The van der Waals surface area contributed by atoms with Crippen molar-refractivity contribution in [3.63, 3.8) is 0 Å². The molecule has 0 heterocycles. The molecule has 21 heavy (non-hydrogen) atoms.